The highest BCUT2D eigenvalue weighted by atomic mass is 32.2. The van der Waals surface area contributed by atoms with E-state index in [0.29, 0.717) is 11.7 Å². The molecule has 5 heterocycles. The summed E-state index contributed by atoms with van der Waals surface area (Å²) >= 11 is 0. The molecule has 0 bridgehead atoms. The van der Waals surface area contributed by atoms with Crippen LogP contribution in [0.15, 0.2) is 66.0 Å². The first-order valence-electron chi connectivity index (χ1n) is 12.8. The molecule has 5 rings (SSSR count). The molecular weight excluding hydrogens is 514 g/mol. The zero-order chi connectivity index (χ0) is 27.6. The number of aromatic nitrogens is 4. The Bertz CT molecular complexity index is 1620. The molecular formula is C28H31N7O3S. The number of nitrogens with one attached hydrogen (secondary N) is 1. The minimum Gasteiger partial charge on any atom is -0.356 e. The fourth-order valence-corrected chi connectivity index (χ4v) is 5.26. The molecule has 39 heavy (non-hydrogen) atoms. The van der Waals surface area contributed by atoms with Crippen molar-refractivity contribution in [1.29, 1.82) is 0 Å². The van der Waals surface area contributed by atoms with E-state index in [1.54, 1.807) is 6.20 Å². The predicted molar refractivity (Wildman–Crippen MR) is 150 cm³/mol. The maximum absolute atomic E-state index is 12.6. The normalized spacial score (nSPS) is 14.6. The largest absolute Gasteiger partial charge is 0.356 e. The second kappa shape index (κ2) is 11.0. The van der Waals surface area contributed by atoms with Crippen LogP contribution in [0.2, 0.25) is 0 Å². The Morgan fingerprint density at radius 2 is 1.79 bits per heavy atom. The Hall–Kier alpha value is -3.96. The zero-order valence-corrected chi connectivity index (χ0v) is 23.0. The number of nitrogens with zero attached hydrogens (tertiary/aromatic N) is 6. The van der Waals surface area contributed by atoms with E-state index in [-0.39, 0.29) is 17.0 Å². The van der Waals surface area contributed by atoms with Crippen molar-refractivity contribution in [2.24, 2.45) is 0 Å². The molecule has 1 aliphatic heterocycles. The van der Waals surface area contributed by atoms with Crippen molar-refractivity contribution >= 4 is 32.5 Å². The van der Waals surface area contributed by atoms with Gasteiger partial charge in [0, 0.05) is 49.4 Å². The molecule has 1 saturated heterocycles. The van der Waals surface area contributed by atoms with Gasteiger partial charge in [-0.05, 0) is 63.3 Å². The number of carbonyl (C=O) groups is 1. The fraction of sp³-hybridized carbons (Fsp3) is 0.321. The second-order valence-corrected chi connectivity index (χ2v) is 12.0. The van der Waals surface area contributed by atoms with E-state index in [1.807, 2.05) is 36.4 Å². The van der Waals surface area contributed by atoms with Crippen LogP contribution in [0.3, 0.4) is 0 Å². The lowest BCUT2D eigenvalue weighted by molar-refractivity contribution is 0.0950. The average Bonchev–Trinajstić information content (AvgIpc) is 2.95. The highest BCUT2D eigenvalue weighted by Gasteiger charge is 2.21. The third kappa shape index (κ3) is 6.21. The molecule has 4 aromatic rings. The number of hydrogen-bond donors (Lipinski definition) is 1. The van der Waals surface area contributed by atoms with Gasteiger partial charge in [0.15, 0.2) is 9.84 Å². The third-order valence-electron chi connectivity index (χ3n) is 6.98. The van der Waals surface area contributed by atoms with Gasteiger partial charge in [0.05, 0.1) is 39.6 Å². The molecule has 0 unspecified atom stereocenters. The number of piperidine rings is 1. The van der Waals surface area contributed by atoms with Crippen LogP contribution in [0.1, 0.15) is 28.9 Å². The molecule has 10 nitrogen and oxygen atoms in total. The van der Waals surface area contributed by atoms with Crippen LogP contribution in [0, 0.1) is 0 Å². The van der Waals surface area contributed by atoms with Crippen LogP contribution in [-0.4, -0.2) is 78.6 Å². The lowest BCUT2D eigenvalue weighted by atomic mass is 10.0. The van der Waals surface area contributed by atoms with Crippen LogP contribution in [0.4, 0.5) is 5.82 Å². The van der Waals surface area contributed by atoms with Crippen molar-refractivity contribution in [2.45, 2.75) is 30.3 Å². The van der Waals surface area contributed by atoms with Gasteiger partial charge in [0.25, 0.3) is 5.91 Å². The first kappa shape index (κ1) is 26.6. The van der Waals surface area contributed by atoms with Crippen molar-refractivity contribution in [1.82, 2.24) is 30.2 Å². The lowest BCUT2D eigenvalue weighted by Crippen LogP contribution is -2.42. The van der Waals surface area contributed by atoms with Gasteiger partial charge in [-0.1, -0.05) is 6.07 Å². The van der Waals surface area contributed by atoms with Gasteiger partial charge in [-0.2, -0.15) is 0 Å². The lowest BCUT2D eigenvalue weighted by Gasteiger charge is -2.35. The topological polar surface area (TPSA) is 121 Å². The Morgan fingerprint density at radius 3 is 2.54 bits per heavy atom. The highest BCUT2D eigenvalue weighted by molar-refractivity contribution is 7.90. The monoisotopic (exact) mass is 545 g/mol. The Balaban J connectivity index is 1.31. The van der Waals surface area contributed by atoms with E-state index in [4.69, 9.17) is 9.97 Å². The first-order valence-corrected chi connectivity index (χ1v) is 14.6. The van der Waals surface area contributed by atoms with Gasteiger partial charge in [-0.25, -0.2) is 18.4 Å². The van der Waals surface area contributed by atoms with E-state index in [9.17, 15) is 13.2 Å². The van der Waals surface area contributed by atoms with Crippen LogP contribution in [0.5, 0.6) is 0 Å². The third-order valence-corrected chi connectivity index (χ3v) is 8.06. The van der Waals surface area contributed by atoms with Gasteiger partial charge in [-0.15, -0.1) is 0 Å². The Kier molecular flexibility index (Phi) is 7.53. The summed E-state index contributed by atoms with van der Waals surface area (Å²) in [5.41, 5.74) is 3.09. The zero-order valence-electron chi connectivity index (χ0n) is 22.2. The molecule has 202 valence electrons. The molecule has 4 aromatic heterocycles. The molecule has 11 heteroatoms. The molecule has 0 radical (unpaired) electrons. The minimum absolute atomic E-state index is 0.00793. The molecule has 0 aromatic carbocycles. The van der Waals surface area contributed by atoms with E-state index >= 15 is 0 Å². The van der Waals surface area contributed by atoms with Crippen LogP contribution in [-0.2, 0) is 16.4 Å². The predicted octanol–water partition coefficient (Wildman–Crippen LogP) is 2.95. The summed E-state index contributed by atoms with van der Waals surface area (Å²) in [6, 6.07) is 13.7. The van der Waals surface area contributed by atoms with Gasteiger partial charge in [0.2, 0.25) is 0 Å². The summed E-state index contributed by atoms with van der Waals surface area (Å²) in [6.07, 6.45) is 7.57. The average molecular weight is 546 g/mol. The first-order chi connectivity index (χ1) is 18.7. The van der Waals surface area contributed by atoms with Crippen LogP contribution < -0.4 is 10.2 Å². The summed E-state index contributed by atoms with van der Waals surface area (Å²) in [5, 5.41) is 3.65. The molecule has 0 spiro atoms. The van der Waals surface area contributed by atoms with E-state index in [2.05, 4.69) is 39.2 Å². The summed E-state index contributed by atoms with van der Waals surface area (Å²) in [7, 11) is 0.807. The smallest absolute Gasteiger partial charge is 0.253 e. The second-order valence-electron chi connectivity index (χ2n) is 9.99. The Labute approximate surface area is 228 Å². The number of sulfone groups is 1. The van der Waals surface area contributed by atoms with Crippen molar-refractivity contribution in [3.63, 3.8) is 0 Å². The highest BCUT2D eigenvalue weighted by Crippen LogP contribution is 2.25. The Morgan fingerprint density at radius 1 is 1.03 bits per heavy atom. The number of pyridine rings is 4. The quantitative estimate of drug-likeness (QED) is 0.374. The molecule has 1 amide bonds. The van der Waals surface area contributed by atoms with Gasteiger partial charge in [0.1, 0.15) is 5.82 Å². The summed E-state index contributed by atoms with van der Waals surface area (Å²) < 4.78 is 23.6. The molecule has 0 aliphatic carbocycles. The number of anilines is 1. The molecule has 1 N–H and O–H groups in total. The maximum atomic E-state index is 12.6. The summed E-state index contributed by atoms with van der Waals surface area (Å²) in [4.78, 5) is 35.3. The van der Waals surface area contributed by atoms with Crippen LogP contribution in [0.25, 0.3) is 22.3 Å². The molecule has 0 atom stereocenters. The SMILES string of the molecule is CN(C)C1CCN(c2cccc(-c3ccc4cnc(CNC(=O)c5cncc(S(C)(=O)=O)c5)cc4n3)n2)CC1. The van der Waals surface area contributed by atoms with Crippen molar-refractivity contribution in [3.8, 4) is 11.4 Å². The fourth-order valence-electron chi connectivity index (χ4n) is 4.67. The van der Waals surface area contributed by atoms with Gasteiger partial charge >= 0.3 is 0 Å². The minimum atomic E-state index is -3.46. The van der Waals surface area contributed by atoms with Crippen molar-refractivity contribution in [2.75, 3.05) is 38.3 Å². The van der Waals surface area contributed by atoms with E-state index < -0.39 is 15.7 Å². The van der Waals surface area contributed by atoms with E-state index in [0.717, 1.165) is 60.3 Å². The van der Waals surface area contributed by atoms with Gasteiger partial charge in [-0.3, -0.25) is 14.8 Å². The summed E-state index contributed by atoms with van der Waals surface area (Å²) in [5.74, 6) is 0.520. The number of fused-ring (bicyclic) bond motifs is 1. The maximum Gasteiger partial charge on any atom is 0.253 e. The van der Waals surface area contributed by atoms with Crippen molar-refractivity contribution in [3.05, 3.63) is 72.3 Å². The molecule has 0 saturated carbocycles. The molecule has 1 fully saturated rings. The number of amides is 1. The van der Waals surface area contributed by atoms with E-state index in [1.165, 1.54) is 18.5 Å². The summed E-state index contributed by atoms with van der Waals surface area (Å²) in [6.45, 7) is 2.10. The molecule has 1 aliphatic rings. The number of rotatable bonds is 7. The number of carbonyl (C=O) groups excluding carboxylic acids is 1. The van der Waals surface area contributed by atoms with Crippen LogP contribution >= 0.6 is 0 Å². The van der Waals surface area contributed by atoms with Crippen molar-refractivity contribution < 1.29 is 13.2 Å². The standard InChI is InChI=1S/C28H31N7O3S/c1-34(2)22-9-11-35(12-10-22)27-6-4-5-24(33-27)25-8-7-19-16-30-21(14-26(19)32-25)17-31-28(36)20-13-23(18-29-15-20)39(3,37)38/h4-8,13-16,18,22H,9-12,17H2,1-3H3,(H,31,36). The van der Waals surface area contributed by atoms with Gasteiger partial charge < -0.3 is 15.1 Å². The number of hydrogen-bond acceptors (Lipinski definition) is 9.